The number of hydrogen-bond donors (Lipinski definition) is 1. The lowest BCUT2D eigenvalue weighted by Gasteiger charge is -2.19. The standard InChI is InChI=1S/C21H25BFN2O2/c1-13(2)11-24-19-18(22-5)16(10-15-6-8-17(23)9-7-15)12-25-20(19)21(26)27-14(3)4/h6-9,12,14,24H,1,10-11H2,2-5H3. The van der Waals surface area contributed by atoms with Crippen molar-refractivity contribution in [3.63, 3.8) is 0 Å². The molecule has 0 saturated carbocycles. The predicted molar refractivity (Wildman–Crippen MR) is 109 cm³/mol. The van der Waals surface area contributed by atoms with E-state index in [0.717, 1.165) is 22.2 Å². The van der Waals surface area contributed by atoms with E-state index in [9.17, 15) is 9.18 Å². The molecule has 0 atom stereocenters. The molecule has 1 radical (unpaired) electrons. The van der Waals surface area contributed by atoms with E-state index in [0.29, 0.717) is 18.7 Å². The SMILES string of the molecule is C=C(C)CNc1c(C(=O)OC(C)C)ncc(Cc2ccc(F)cc2)c1[B]C. The Hall–Kier alpha value is -2.63. The maximum absolute atomic E-state index is 13.2. The molecular weight excluding hydrogens is 342 g/mol. The van der Waals surface area contributed by atoms with E-state index in [2.05, 4.69) is 16.9 Å². The molecule has 1 N–H and O–H groups in total. The van der Waals surface area contributed by atoms with E-state index in [1.165, 1.54) is 12.1 Å². The van der Waals surface area contributed by atoms with E-state index in [-0.39, 0.29) is 17.6 Å². The molecule has 2 aromatic rings. The smallest absolute Gasteiger partial charge is 0.359 e. The molecule has 0 aliphatic rings. The summed E-state index contributed by atoms with van der Waals surface area (Å²) < 4.78 is 18.5. The highest BCUT2D eigenvalue weighted by molar-refractivity contribution is 6.55. The lowest BCUT2D eigenvalue weighted by molar-refractivity contribution is 0.0372. The molecule has 1 aromatic heterocycles. The molecule has 0 aliphatic carbocycles. The number of benzene rings is 1. The van der Waals surface area contributed by atoms with Crippen LogP contribution in [-0.4, -0.2) is 30.9 Å². The van der Waals surface area contributed by atoms with Gasteiger partial charge in [-0.15, -0.1) is 0 Å². The van der Waals surface area contributed by atoms with Gasteiger partial charge in [-0.1, -0.05) is 36.6 Å². The second kappa shape index (κ2) is 9.35. The van der Waals surface area contributed by atoms with Crippen LogP contribution in [0.4, 0.5) is 10.1 Å². The number of nitrogens with zero attached hydrogens (tertiary/aromatic N) is 1. The molecule has 27 heavy (non-hydrogen) atoms. The first kappa shape index (κ1) is 20.7. The number of anilines is 1. The van der Waals surface area contributed by atoms with Gasteiger partial charge in [0.15, 0.2) is 13.0 Å². The Morgan fingerprint density at radius 3 is 2.56 bits per heavy atom. The molecule has 1 heterocycles. The molecule has 0 unspecified atom stereocenters. The molecule has 141 valence electrons. The van der Waals surface area contributed by atoms with Gasteiger partial charge < -0.3 is 10.1 Å². The van der Waals surface area contributed by atoms with Gasteiger partial charge in [0.05, 0.1) is 11.8 Å². The minimum atomic E-state index is -0.467. The highest BCUT2D eigenvalue weighted by Gasteiger charge is 2.21. The molecule has 2 rings (SSSR count). The second-order valence-electron chi connectivity index (χ2n) is 6.78. The Balaban J connectivity index is 2.45. The molecule has 6 heteroatoms. The van der Waals surface area contributed by atoms with Crippen LogP contribution in [0.3, 0.4) is 0 Å². The van der Waals surface area contributed by atoms with Crippen molar-refractivity contribution in [2.45, 2.75) is 40.1 Å². The minimum Gasteiger partial charge on any atom is -0.458 e. The summed E-state index contributed by atoms with van der Waals surface area (Å²) in [6, 6.07) is 6.37. The summed E-state index contributed by atoms with van der Waals surface area (Å²) in [4.78, 5) is 16.9. The van der Waals surface area contributed by atoms with Crippen LogP contribution in [0.5, 0.6) is 0 Å². The quantitative estimate of drug-likeness (QED) is 0.439. The number of nitrogens with one attached hydrogen (secondary N) is 1. The van der Waals surface area contributed by atoms with E-state index in [1.54, 1.807) is 32.2 Å². The van der Waals surface area contributed by atoms with Gasteiger partial charge >= 0.3 is 5.97 Å². The largest absolute Gasteiger partial charge is 0.458 e. The number of ether oxygens (including phenoxy) is 1. The number of carbonyl (C=O) groups excluding carboxylic acids is 1. The Labute approximate surface area is 161 Å². The third-order valence-electron chi connectivity index (χ3n) is 3.90. The number of hydrogen-bond acceptors (Lipinski definition) is 4. The molecule has 4 nitrogen and oxygen atoms in total. The first-order valence-electron chi connectivity index (χ1n) is 8.96. The van der Waals surface area contributed by atoms with Gasteiger partial charge in [-0.25, -0.2) is 14.2 Å². The maximum atomic E-state index is 13.2. The van der Waals surface area contributed by atoms with Crippen LogP contribution < -0.4 is 10.8 Å². The topological polar surface area (TPSA) is 51.2 Å². The average molecular weight is 367 g/mol. The summed E-state index contributed by atoms with van der Waals surface area (Å²) in [6.07, 6.45) is 2.02. The highest BCUT2D eigenvalue weighted by Crippen LogP contribution is 2.18. The van der Waals surface area contributed by atoms with Gasteiger partial charge in [-0.05, 0) is 50.5 Å². The lowest BCUT2D eigenvalue weighted by Crippen LogP contribution is -2.28. The van der Waals surface area contributed by atoms with Gasteiger partial charge in [0.1, 0.15) is 5.82 Å². The number of aromatic nitrogens is 1. The Bertz CT molecular complexity index is 820. The zero-order valence-corrected chi connectivity index (χ0v) is 16.3. The summed E-state index contributed by atoms with van der Waals surface area (Å²) in [5.41, 5.74) is 4.60. The molecule has 0 saturated heterocycles. The first-order valence-corrected chi connectivity index (χ1v) is 8.96. The third kappa shape index (κ3) is 5.68. The van der Waals surface area contributed by atoms with Crippen molar-refractivity contribution in [2.24, 2.45) is 0 Å². The predicted octanol–water partition coefficient (Wildman–Crippen LogP) is 3.74. The van der Waals surface area contributed by atoms with Gasteiger partial charge in [0, 0.05) is 12.7 Å². The summed E-state index contributed by atoms with van der Waals surface area (Å²) in [5, 5.41) is 3.27. The Morgan fingerprint density at radius 2 is 2.00 bits per heavy atom. The van der Waals surface area contributed by atoms with Gasteiger partial charge in [0.25, 0.3) is 0 Å². The monoisotopic (exact) mass is 367 g/mol. The van der Waals surface area contributed by atoms with Gasteiger partial charge in [-0.3, -0.25) is 0 Å². The maximum Gasteiger partial charge on any atom is 0.359 e. The fourth-order valence-corrected chi connectivity index (χ4v) is 2.70. The normalized spacial score (nSPS) is 10.6. The zero-order chi connectivity index (χ0) is 20.0. The molecule has 0 fully saturated rings. The summed E-state index contributed by atoms with van der Waals surface area (Å²) in [5.74, 6) is -0.736. The molecule has 0 bridgehead atoms. The number of rotatable bonds is 8. The van der Waals surface area contributed by atoms with Crippen molar-refractivity contribution in [3.8, 4) is 0 Å². The fourth-order valence-electron chi connectivity index (χ4n) is 2.70. The van der Waals surface area contributed by atoms with Crippen LogP contribution in [0.25, 0.3) is 0 Å². The van der Waals surface area contributed by atoms with Gasteiger partial charge in [-0.2, -0.15) is 0 Å². The van der Waals surface area contributed by atoms with Crippen LogP contribution in [0.2, 0.25) is 6.82 Å². The highest BCUT2D eigenvalue weighted by atomic mass is 19.1. The summed E-state index contributed by atoms with van der Waals surface area (Å²) >= 11 is 0. The van der Waals surface area contributed by atoms with Crippen molar-refractivity contribution < 1.29 is 13.9 Å². The van der Waals surface area contributed by atoms with E-state index in [4.69, 9.17) is 4.74 Å². The molecule has 0 amide bonds. The number of halogens is 1. The summed E-state index contributed by atoms with van der Waals surface area (Å²) in [6.45, 7) is 11.8. The number of pyridine rings is 1. The summed E-state index contributed by atoms with van der Waals surface area (Å²) in [7, 11) is 1.94. The van der Waals surface area contributed by atoms with Crippen molar-refractivity contribution in [3.05, 3.63) is 65.3 Å². The van der Waals surface area contributed by atoms with Crippen LogP contribution in [0, 0.1) is 5.82 Å². The van der Waals surface area contributed by atoms with Crippen LogP contribution in [0.1, 0.15) is 42.4 Å². The second-order valence-corrected chi connectivity index (χ2v) is 6.78. The number of carbonyl (C=O) groups is 1. The van der Waals surface area contributed by atoms with Gasteiger partial charge in [0.2, 0.25) is 0 Å². The van der Waals surface area contributed by atoms with Crippen molar-refractivity contribution in [1.82, 2.24) is 4.98 Å². The molecule has 1 aromatic carbocycles. The van der Waals surface area contributed by atoms with E-state index in [1.807, 2.05) is 21.0 Å². The van der Waals surface area contributed by atoms with Crippen molar-refractivity contribution in [1.29, 1.82) is 0 Å². The number of esters is 1. The minimum absolute atomic E-state index is 0.235. The van der Waals surface area contributed by atoms with E-state index < -0.39 is 5.97 Å². The van der Waals surface area contributed by atoms with Crippen LogP contribution in [0.15, 0.2) is 42.6 Å². The molecule has 0 aliphatic heterocycles. The lowest BCUT2D eigenvalue weighted by atomic mass is 9.69. The average Bonchev–Trinajstić information content (AvgIpc) is 2.61. The van der Waals surface area contributed by atoms with Crippen molar-refractivity contribution in [2.75, 3.05) is 11.9 Å². The zero-order valence-electron chi connectivity index (χ0n) is 16.3. The molecular formula is C21H25BFN2O2. The van der Waals surface area contributed by atoms with Crippen LogP contribution >= 0.6 is 0 Å². The van der Waals surface area contributed by atoms with Crippen LogP contribution in [-0.2, 0) is 11.2 Å². The Kier molecular flexibility index (Phi) is 7.16. The van der Waals surface area contributed by atoms with E-state index >= 15 is 0 Å². The fraction of sp³-hybridized carbons (Fsp3) is 0.333. The third-order valence-corrected chi connectivity index (χ3v) is 3.90. The van der Waals surface area contributed by atoms with Crippen molar-refractivity contribution >= 4 is 24.4 Å². The Morgan fingerprint density at radius 1 is 1.33 bits per heavy atom. The molecule has 0 spiro atoms. The first-order chi connectivity index (χ1) is 12.8.